The molecule has 32 heavy (non-hydrogen) atoms. The molecule has 1 aliphatic heterocycles. The van der Waals surface area contributed by atoms with Gasteiger partial charge in [-0.1, -0.05) is 25.0 Å². The number of aromatic nitrogens is 2. The molecule has 0 radical (unpaired) electrons. The van der Waals surface area contributed by atoms with E-state index in [2.05, 4.69) is 57.5 Å². The average Bonchev–Trinajstić information content (AvgIpc) is 2.80. The Morgan fingerprint density at radius 1 is 1.06 bits per heavy atom. The van der Waals surface area contributed by atoms with Crippen molar-refractivity contribution < 1.29 is 4.74 Å². The van der Waals surface area contributed by atoms with Crippen molar-refractivity contribution in [2.24, 2.45) is 0 Å². The van der Waals surface area contributed by atoms with Crippen LogP contribution in [-0.4, -0.2) is 41.3 Å². The normalized spacial score (nSPS) is 14.2. The Hall–Kier alpha value is -2.52. The van der Waals surface area contributed by atoms with Crippen molar-refractivity contribution in [3.05, 3.63) is 59.3 Å². The fraction of sp³-hybridized carbons (Fsp3) is 0.360. The Morgan fingerprint density at radius 3 is 2.41 bits per heavy atom. The summed E-state index contributed by atoms with van der Waals surface area (Å²) in [5.74, 6) is 4.36. The summed E-state index contributed by atoms with van der Waals surface area (Å²) in [6, 6.07) is 14.8. The number of nitrogens with one attached hydrogen (secondary N) is 1. The van der Waals surface area contributed by atoms with Crippen LogP contribution in [0.1, 0.15) is 36.6 Å². The zero-order valence-corrected chi connectivity index (χ0v) is 20.1. The van der Waals surface area contributed by atoms with Crippen LogP contribution in [0.5, 0.6) is 5.75 Å². The summed E-state index contributed by atoms with van der Waals surface area (Å²) in [6.45, 7) is 5.17. The van der Waals surface area contributed by atoms with E-state index < -0.39 is 0 Å². The van der Waals surface area contributed by atoms with Gasteiger partial charge in [-0.15, -0.1) is 36.3 Å². The number of nitrogens with zero attached hydrogens (tertiary/aromatic N) is 3. The summed E-state index contributed by atoms with van der Waals surface area (Å²) < 4.78 is 5.43. The predicted octanol–water partition coefficient (Wildman–Crippen LogP) is 5.10. The van der Waals surface area contributed by atoms with Crippen molar-refractivity contribution in [1.29, 1.82) is 0 Å². The van der Waals surface area contributed by atoms with Gasteiger partial charge >= 0.3 is 0 Å². The summed E-state index contributed by atoms with van der Waals surface area (Å²) >= 11 is 0. The minimum absolute atomic E-state index is 0. The topological polar surface area (TPSA) is 50.3 Å². The van der Waals surface area contributed by atoms with Crippen LogP contribution in [-0.2, 0) is 13.0 Å². The van der Waals surface area contributed by atoms with E-state index in [1.807, 2.05) is 18.2 Å². The van der Waals surface area contributed by atoms with Gasteiger partial charge in [0.05, 0.1) is 12.8 Å². The third kappa shape index (κ3) is 5.83. The largest absolute Gasteiger partial charge is 0.497 e. The SMILES string of the molecule is C#Cc1ccc(CN2CCC(Nc3nnc(CC)c4ccc(OC)cc34)CC2)cc1.Cl.Cl. The zero-order chi connectivity index (χ0) is 20.9. The fourth-order valence-electron chi connectivity index (χ4n) is 4.08. The molecule has 0 saturated carbocycles. The average molecular weight is 473 g/mol. The third-order valence-electron chi connectivity index (χ3n) is 5.85. The molecule has 5 nitrogen and oxygen atoms in total. The molecule has 1 saturated heterocycles. The molecule has 2 aromatic carbocycles. The number of rotatable bonds is 6. The van der Waals surface area contributed by atoms with Gasteiger partial charge in [-0.05, 0) is 55.2 Å². The number of ether oxygens (including phenoxy) is 1. The van der Waals surface area contributed by atoms with Crippen molar-refractivity contribution in [3.63, 3.8) is 0 Å². The van der Waals surface area contributed by atoms with E-state index in [1.54, 1.807) is 7.11 Å². The van der Waals surface area contributed by atoms with Crippen LogP contribution in [0.4, 0.5) is 5.82 Å². The molecule has 3 aromatic rings. The molecule has 0 atom stereocenters. The van der Waals surface area contributed by atoms with Crippen LogP contribution in [0.15, 0.2) is 42.5 Å². The summed E-state index contributed by atoms with van der Waals surface area (Å²) in [6.07, 6.45) is 8.45. The lowest BCUT2D eigenvalue weighted by Gasteiger charge is -2.32. The van der Waals surface area contributed by atoms with Gasteiger partial charge in [-0.2, -0.15) is 5.10 Å². The Balaban J connectivity index is 0.00000181. The van der Waals surface area contributed by atoms with E-state index in [4.69, 9.17) is 11.2 Å². The van der Waals surface area contributed by atoms with E-state index in [9.17, 15) is 0 Å². The first-order valence-corrected chi connectivity index (χ1v) is 10.6. The van der Waals surface area contributed by atoms with E-state index in [-0.39, 0.29) is 24.8 Å². The second kappa shape index (κ2) is 11.9. The van der Waals surface area contributed by atoms with Gasteiger partial charge < -0.3 is 10.1 Å². The van der Waals surface area contributed by atoms with Gasteiger partial charge in [-0.3, -0.25) is 4.90 Å². The number of hydrogen-bond donors (Lipinski definition) is 1. The van der Waals surface area contributed by atoms with Crippen LogP contribution >= 0.6 is 24.8 Å². The van der Waals surface area contributed by atoms with Gasteiger partial charge in [-0.25, -0.2) is 0 Å². The van der Waals surface area contributed by atoms with Crippen molar-refractivity contribution in [3.8, 4) is 18.1 Å². The highest BCUT2D eigenvalue weighted by atomic mass is 35.5. The molecule has 1 fully saturated rings. The molecule has 4 rings (SSSR count). The Kier molecular flexibility index (Phi) is 9.59. The van der Waals surface area contributed by atoms with E-state index in [0.717, 1.165) is 72.5 Å². The van der Waals surface area contributed by atoms with Crippen molar-refractivity contribution in [2.75, 3.05) is 25.5 Å². The number of piperidine rings is 1. The molecule has 1 aromatic heterocycles. The molecule has 0 spiro atoms. The Bertz CT molecular complexity index is 1060. The van der Waals surface area contributed by atoms with Gasteiger partial charge in [0.15, 0.2) is 5.82 Å². The van der Waals surface area contributed by atoms with E-state index >= 15 is 0 Å². The molecule has 170 valence electrons. The molecule has 0 bridgehead atoms. The lowest BCUT2D eigenvalue weighted by Crippen LogP contribution is -2.38. The van der Waals surface area contributed by atoms with Gasteiger partial charge in [0, 0.05) is 42.0 Å². The number of methoxy groups -OCH3 is 1. The van der Waals surface area contributed by atoms with Crippen LogP contribution < -0.4 is 10.1 Å². The van der Waals surface area contributed by atoms with Gasteiger partial charge in [0.1, 0.15) is 5.75 Å². The Labute approximate surface area is 202 Å². The van der Waals surface area contributed by atoms with Gasteiger partial charge in [0.25, 0.3) is 0 Å². The fourth-order valence-corrected chi connectivity index (χ4v) is 4.08. The van der Waals surface area contributed by atoms with E-state index in [1.165, 1.54) is 5.56 Å². The number of aryl methyl sites for hydroxylation is 1. The maximum absolute atomic E-state index is 5.45. The number of likely N-dealkylation sites (tertiary alicyclic amines) is 1. The smallest absolute Gasteiger partial charge is 0.156 e. The maximum atomic E-state index is 5.45. The summed E-state index contributed by atoms with van der Waals surface area (Å²) in [5, 5.41) is 14.8. The lowest BCUT2D eigenvalue weighted by molar-refractivity contribution is 0.211. The minimum atomic E-state index is 0. The highest BCUT2D eigenvalue weighted by Gasteiger charge is 2.21. The second-order valence-corrected chi connectivity index (χ2v) is 7.80. The first kappa shape index (κ1) is 25.7. The van der Waals surface area contributed by atoms with Crippen molar-refractivity contribution in [1.82, 2.24) is 15.1 Å². The maximum Gasteiger partial charge on any atom is 0.156 e. The van der Waals surface area contributed by atoms with E-state index in [0.29, 0.717) is 6.04 Å². The number of halogens is 2. The molecular formula is C25H30Cl2N4O. The third-order valence-corrected chi connectivity index (χ3v) is 5.85. The first-order chi connectivity index (χ1) is 14.7. The van der Waals surface area contributed by atoms with Crippen molar-refractivity contribution >= 4 is 41.4 Å². The number of anilines is 1. The zero-order valence-electron chi connectivity index (χ0n) is 18.5. The monoisotopic (exact) mass is 472 g/mol. The number of hydrogen-bond acceptors (Lipinski definition) is 5. The molecule has 1 N–H and O–H groups in total. The molecule has 0 amide bonds. The standard InChI is InChI=1S/C25H28N4O.2ClH/c1-4-18-6-8-19(9-7-18)17-29-14-12-20(13-15-29)26-25-23-16-21(30-3)10-11-22(23)24(5-2)27-28-25;;/h1,6-11,16,20H,5,12-15,17H2,2-3H3,(H,26,28);2*1H. The summed E-state index contributed by atoms with van der Waals surface area (Å²) in [4.78, 5) is 2.50. The highest BCUT2D eigenvalue weighted by Crippen LogP contribution is 2.29. The molecule has 0 unspecified atom stereocenters. The van der Waals surface area contributed by atoms with Crippen LogP contribution in [0.2, 0.25) is 0 Å². The van der Waals surface area contributed by atoms with Crippen LogP contribution in [0.25, 0.3) is 10.8 Å². The number of benzene rings is 2. The van der Waals surface area contributed by atoms with Crippen LogP contribution in [0, 0.1) is 12.3 Å². The molecule has 0 aliphatic carbocycles. The molecule has 1 aliphatic rings. The molecule has 2 heterocycles. The second-order valence-electron chi connectivity index (χ2n) is 7.80. The number of terminal acetylenes is 1. The first-order valence-electron chi connectivity index (χ1n) is 10.6. The van der Waals surface area contributed by atoms with Crippen molar-refractivity contribution in [2.45, 2.75) is 38.8 Å². The minimum Gasteiger partial charge on any atom is -0.497 e. The quantitative estimate of drug-likeness (QED) is 0.505. The Morgan fingerprint density at radius 2 is 1.78 bits per heavy atom. The number of fused-ring (bicyclic) bond motifs is 1. The summed E-state index contributed by atoms with van der Waals surface area (Å²) in [7, 11) is 1.69. The van der Waals surface area contributed by atoms with Crippen LogP contribution in [0.3, 0.4) is 0 Å². The van der Waals surface area contributed by atoms with Gasteiger partial charge in [0.2, 0.25) is 0 Å². The predicted molar refractivity (Wildman–Crippen MR) is 136 cm³/mol. The molecule has 7 heteroatoms. The molecular weight excluding hydrogens is 443 g/mol. The highest BCUT2D eigenvalue weighted by molar-refractivity contribution is 5.94. The lowest BCUT2D eigenvalue weighted by atomic mass is 10.0. The summed E-state index contributed by atoms with van der Waals surface area (Å²) in [5.41, 5.74) is 3.25.